The molecule has 7 heteroatoms. The zero-order valence-corrected chi connectivity index (χ0v) is 13.7. The first-order valence-electron chi connectivity index (χ1n) is 7.50. The van der Waals surface area contributed by atoms with Crippen LogP contribution in [0.15, 0.2) is 23.2 Å². The number of halogens is 3. The lowest BCUT2D eigenvalue weighted by Crippen LogP contribution is -2.32. The second-order valence-electron chi connectivity index (χ2n) is 5.83. The first kappa shape index (κ1) is 19.1. The van der Waals surface area contributed by atoms with E-state index < -0.39 is 12.8 Å². The van der Waals surface area contributed by atoms with Crippen LogP contribution in [-0.2, 0) is 6.54 Å². The molecule has 0 aliphatic rings. The Labute approximate surface area is 134 Å². The van der Waals surface area contributed by atoms with Crippen molar-refractivity contribution in [1.82, 2.24) is 5.32 Å². The van der Waals surface area contributed by atoms with E-state index in [0.29, 0.717) is 18.0 Å². The molecule has 0 aliphatic carbocycles. The largest absolute Gasteiger partial charge is 0.484 e. The molecular weight excluding hydrogens is 307 g/mol. The topological polar surface area (TPSA) is 59.6 Å². The molecule has 0 aromatic heterocycles. The van der Waals surface area contributed by atoms with Crippen molar-refractivity contribution < 1.29 is 17.9 Å². The molecular formula is C16H24F3N3O. The molecule has 1 rings (SSSR count). The van der Waals surface area contributed by atoms with Crippen LogP contribution < -0.4 is 15.8 Å². The highest BCUT2D eigenvalue weighted by Gasteiger charge is 2.28. The van der Waals surface area contributed by atoms with Crippen molar-refractivity contribution in [3.05, 3.63) is 29.3 Å². The van der Waals surface area contributed by atoms with Crippen molar-refractivity contribution >= 4 is 5.96 Å². The molecule has 0 fully saturated rings. The molecule has 0 unspecified atom stereocenters. The van der Waals surface area contributed by atoms with E-state index in [1.807, 2.05) is 0 Å². The number of hydrogen-bond donors (Lipinski definition) is 2. The number of guanidine groups is 1. The van der Waals surface area contributed by atoms with Crippen molar-refractivity contribution in [2.45, 2.75) is 39.9 Å². The molecule has 0 amide bonds. The Bertz CT molecular complexity index is 528. The lowest BCUT2D eigenvalue weighted by molar-refractivity contribution is -0.153. The number of rotatable bonds is 7. The summed E-state index contributed by atoms with van der Waals surface area (Å²) in [5.74, 6) is 1.00. The maximum Gasteiger partial charge on any atom is 0.422 e. The van der Waals surface area contributed by atoms with Crippen LogP contribution in [0, 0.1) is 12.8 Å². The van der Waals surface area contributed by atoms with Crippen molar-refractivity contribution in [1.29, 1.82) is 0 Å². The Morgan fingerprint density at radius 1 is 1.35 bits per heavy atom. The fourth-order valence-electron chi connectivity index (χ4n) is 1.80. The molecule has 0 radical (unpaired) electrons. The minimum absolute atomic E-state index is 0.161. The Morgan fingerprint density at radius 3 is 2.65 bits per heavy atom. The number of nitrogens with one attached hydrogen (secondary N) is 1. The number of aryl methyl sites for hydroxylation is 1. The number of benzene rings is 1. The molecule has 0 saturated carbocycles. The number of ether oxygens (including phenoxy) is 1. The zero-order valence-electron chi connectivity index (χ0n) is 13.7. The third-order valence-corrected chi connectivity index (χ3v) is 3.06. The van der Waals surface area contributed by atoms with E-state index in [4.69, 9.17) is 10.5 Å². The minimum atomic E-state index is -4.37. The highest BCUT2D eigenvalue weighted by molar-refractivity contribution is 5.77. The Balaban J connectivity index is 2.68. The quantitative estimate of drug-likeness (QED) is 0.595. The lowest BCUT2D eigenvalue weighted by Gasteiger charge is -2.13. The summed E-state index contributed by atoms with van der Waals surface area (Å²) in [6.07, 6.45) is -3.41. The summed E-state index contributed by atoms with van der Waals surface area (Å²) in [4.78, 5) is 4.15. The van der Waals surface area contributed by atoms with Gasteiger partial charge in [0.15, 0.2) is 12.6 Å². The molecule has 23 heavy (non-hydrogen) atoms. The van der Waals surface area contributed by atoms with E-state index >= 15 is 0 Å². The first-order valence-corrected chi connectivity index (χ1v) is 7.50. The lowest BCUT2D eigenvalue weighted by atomic mass is 10.1. The molecule has 0 bridgehead atoms. The van der Waals surface area contributed by atoms with Crippen LogP contribution in [-0.4, -0.2) is 25.3 Å². The fraction of sp³-hybridized carbons (Fsp3) is 0.562. The smallest absolute Gasteiger partial charge is 0.422 e. The number of aliphatic imine (C=N–C) groups is 1. The van der Waals surface area contributed by atoms with Gasteiger partial charge in [-0.25, -0.2) is 4.99 Å². The third kappa shape index (κ3) is 8.32. The average molecular weight is 331 g/mol. The number of nitrogens with zero attached hydrogens (tertiary/aromatic N) is 1. The summed E-state index contributed by atoms with van der Waals surface area (Å²) in [6, 6.07) is 5.07. The van der Waals surface area contributed by atoms with E-state index in [2.05, 4.69) is 24.2 Å². The molecule has 1 aromatic rings. The van der Waals surface area contributed by atoms with Gasteiger partial charge in [0.2, 0.25) is 0 Å². The molecule has 0 saturated heterocycles. The van der Waals surface area contributed by atoms with Crippen LogP contribution in [0.4, 0.5) is 13.2 Å². The number of hydrogen-bond acceptors (Lipinski definition) is 2. The molecule has 0 atom stereocenters. The first-order chi connectivity index (χ1) is 10.7. The Hall–Kier alpha value is -1.92. The van der Waals surface area contributed by atoms with Crippen molar-refractivity contribution in [3.63, 3.8) is 0 Å². The Morgan fingerprint density at radius 2 is 2.04 bits per heavy atom. The van der Waals surface area contributed by atoms with Crippen molar-refractivity contribution in [2.75, 3.05) is 13.2 Å². The maximum absolute atomic E-state index is 12.3. The van der Waals surface area contributed by atoms with Gasteiger partial charge in [-0.1, -0.05) is 26.0 Å². The molecule has 0 heterocycles. The van der Waals surface area contributed by atoms with Crippen LogP contribution in [0.5, 0.6) is 5.75 Å². The highest BCUT2D eigenvalue weighted by Crippen LogP contribution is 2.24. The standard InChI is InChI=1S/C16H24F3N3O/c1-11(2)6-7-21-15(20)22-9-13-5-4-12(3)8-14(13)23-10-16(17,18)19/h4-5,8,11H,6-7,9-10H2,1-3H3,(H3,20,21,22). The Kier molecular flexibility index (Phi) is 7.19. The van der Waals surface area contributed by atoms with Crippen LogP contribution in [0.25, 0.3) is 0 Å². The average Bonchev–Trinajstić information content (AvgIpc) is 2.43. The summed E-state index contributed by atoms with van der Waals surface area (Å²) in [5.41, 5.74) is 7.13. The number of alkyl halides is 3. The summed E-state index contributed by atoms with van der Waals surface area (Å²) in [5, 5.41) is 2.98. The molecule has 1 aromatic carbocycles. The van der Waals surface area contributed by atoms with Crippen molar-refractivity contribution in [2.24, 2.45) is 16.6 Å². The third-order valence-electron chi connectivity index (χ3n) is 3.06. The van der Waals surface area contributed by atoms with Gasteiger partial charge in [0, 0.05) is 12.1 Å². The van der Waals surface area contributed by atoms with Gasteiger partial charge in [0.05, 0.1) is 6.54 Å². The SMILES string of the molecule is Cc1ccc(CN=C(N)NCCC(C)C)c(OCC(F)(F)F)c1. The van der Waals surface area contributed by atoms with Gasteiger partial charge in [0.25, 0.3) is 0 Å². The summed E-state index contributed by atoms with van der Waals surface area (Å²) in [6.45, 7) is 5.54. The zero-order chi connectivity index (χ0) is 17.5. The predicted octanol–water partition coefficient (Wildman–Crippen LogP) is 3.39. The number of nitrogens with two attached hydrogens (primary N) is 1. The molecule has 130 valence electrons. The summed E-state index contributed by atoms with van der Waals surface area (Å²) in [7, 11) is 0. The highest BCUT2D eigenvalue weighted by atomic mass is 19.4. The second kappa shape index (κ2) is 8.64. The normalized spacial score (nSPS) is 12.6. The van der Waals surface area contributed by atoms with E-state index in [1.165, 1.54) is 0 Å². The molecule has 0 aliphatic heterocycles. The van der Waals surface area contributed by atoms with Gasteiger partial charge < -0.3 is 15.8 Å². The predicted molar refractivity (Wildman–Crippen MR) is 85.5 cm³/mol. The summed E-state index contributed by atoms with van der Waals surface area (Å²) < 4.78 is 41.8. The van der Waals surface area contributed by atoms with E-state index in [0.717, 1.165) is 12.0 Å². The maximum atomic E-state index is 12.3. The van der Waals surface area contributed by atoms with Gasteiger partial charge in [-0.15, -0.1) is 0 Å². The van der Waals surface area contributed by atoms with Crippen molar-refractivity contribution in [3.8, 4) is 5.75 Å². The van der Waals surface area contributed by atoms with Crippen LogP contribution in [0.1, 0.15) is 31.4 Å². The van der Waals surface area contributed by atoms with E-state index in [1.54, 1.807) is 25.1 Å². The van der Waals surface area contributed by atoms with Crippen LogP contribution >= 0.6 is 0 Å². The molecule has 0 spiro atoms. The monoisotopic (exact) mass is 331 g/mol. The van der Waals surface area contributed by atoms with E-state index in [9.17, 15) is 13.2 Å². The van der Waals surface area contributed by atoms with Crippen LogP contribution in [0.3, 0.4) is 0 Å². The minimum Gasteiger partial charge on any atom is -0.484 e. The van der Waals surface area contributed by atoms with Gasteiger partial charge >= 0.3 is 6.18 Å². The van der Waals surface area contributed by atoms with Gasteiger partial charge in [-0.3, -0.25) is 0 Å². The molecule has 4 nitrogen and oxygen atoms in total. The van der Waals surface area contributed by atoms with Gasteiger partial charge in [-0.2, -0.15) is 13.2 Å². The summed E-state index contributed by atoms with van der Waals surface area (Å²) >= 11 is 0. The van der Waals surface area contributed by atoms with E-state index in [-0.39, 0.29) is 18.3 Å². The fourth-order valence-corrected chi connectivity index (χ4v) is 1.80. The van der Waals surface area contributed by atoms with Gasteiger partial charge in [0.1, 0.15) is 5.75 Å². The molecule has 3 N–H and O–H groups in total. The van der Waals surface area contributed by atoms with Crippen LogP contribution in [0.2, 0.25) is 0 Å². The second-order valence-corrected chi connectivity index (χ2v) is 5.83. The van der Waals surface area contributed by atoms with Gasteiger partial charge in [-0.05, 0) is 30.9 Å².